The Bertz CT molecular complexity index is 777. The molecule has 1 N–H and O–H groups in total. The Balaban J connectivity index is 1.53. The summed E-state index contributed by atoms with van der Waals surface area (Å²) in [6.07, 6.45) is 3.95. The summed E-state index contributed by atoms with van der Waals surface area (Å²) in [4.78, 5) is 29.7. The number of benzene rings is 1. The van der Waals surface area contributed by atoms with Crippen LogP contribution in [0.15, 0.2) is 22.7 Å². The van der Waals surface area contributed by atoms with Crippen LogP contribution in [0.1, 0.15) is 37.1 Å². The molecule has 1 amide bonds. The van der Waals surface area contributed by atoms with Crippen molar-refractivity contribution in [1.29, 1.82) is 0 Å². The predicted molar refractivity (Wildman–Crippen MR) is 102 cm³/mol. The van der Waals surface area contributed by atoms with Gasteiger partial charge in [-0.25, -0.2) is 4.98 Å². The van der Waals surface area contributed by atoms with Gasteiger partial charge in [-0.2, -0.15) is 0 Å². The van der Waals surface area contributed by atoms with Crippen molar-refractivity contribution in [3.8, 4) is 0 Å². The number of amides is 1. The molecule has 1 aliphatic heterocycles. The summed E-state index contributed by atoms with van der Waals surface area (Å²) in [5.41, 5.74) is 0.966. The van der Waals surface area contributed by atoms with E-state index >= 15 is 0 Å². The van der Waals surface area contributed by atoms with Gasteiger partial charge in [-0.1, -0.05) is 15.9 Å². The molecule has 3 rings (SSSR count). The number of hydrogen-bond acceptors (Lipinski definition) is 4. The summed E-state index contributed by atoms with van der Waals surface area (Å²) in [5.74, 6) is -0.292. The molecule has 1 aliphatic rings. The lowest BCUT2D eigenvalue weighted by molar-refractivity contribution is -0.137. The van der Waals surface area contributed by atoms with Crippen LogP contribution in [0.4, 0.5) is 0 Å². The molecule has 1 atom stereocenters. The van der Waals surface area contributed by atoms with Gasteiger partial charge >= 0.3 is 5.97 Å². The molecule has 1 fully saturated rings. The maximum Gasteiger partial charge on any atom is 0.303 e. The van der Waals surface area contributed by atoms with Crippen molar-refractivity contribution in [3.63, 3.8) is 0 Å². The number of aliphatic carboxylic acids is 1. The normalized spacial score (nSPS) is 17.8. The van der Waals surface area contributed by atoms with Crippen LogP contribution in [0.25, 0.3) is 10.2 Å². The monoisotopic (exact) mass is 424 g/mol. The van der Waals surface area contributed by atoms with E-state index in [1.165, 1.54) is 0 Å². The molecule has 134 valence electrons. The van der Waals surface area contributed by atoms with Crippen LogP contribution < -0.4 is 0 Å². The van der Waals surface area contributed by atoms with E-state index in [1.807, 2.05) is 23.1 Å². The number of halogens is 1. The molecule has 1 aromatic heterocycles. The zero-order chi connectivity index (χ0) is 17.8. The molecule has 1 aromatic carbocycles. The molecule has 0 radical (unpaired) electrons. The summed E-state index contributed by atoms with van der Waals surface area (Å²) in [5, 5.41) is 9.80. The molecule has 5 nitrogen and oxygen atoms in total. The highest BCUT2D eigenvalue weighted by Gasteiger charge is 2.24. The molecular formula is C18H21BrN2O3S. The van der Waals surface area contributed by atoms with E-state index < -0.39 is 5.97 Å². The number of aromatic nitrogens is 1. The fourth-order valence-electron chi connectivity index (χ4n) is 3.28. The van der Waals surface area contributed by atoms with E-state index in [0.29, 0.717) is 31.7 Å². The van der Waals surface area contributed by atoms with E-state index in [9.17, 15) is 9.59 Å². The molecular weight excluding hydrogens is 404 g/mol. The van der Waals surface area contributed by atoms with Crippen LogP contribution in [0, 0.1) is 5.92 Å². The largest absolute Gasteiger partial charge is 0.481 e. The minimum atomic E-state index is -0.758. The van der Waals surface area contributed by atoms with Crippen molar-refractivity contribution in [2.75, 3.05) is 13.1 Å². The highest BCUT2D eigenvalue weighted by atomic mass is 79.9. The number of carboxylic acid groups (broad SMARTS) is 1. The van der Waals surface area contributed by atoms with Crippen LogP contribution in [0.5, 0.6) is 0 Å². The zero-order valence-electron chi connectivity index (χ0n) is 13.9. The van der Waals surface area contributed by atoms with Crippen LogP contribution in [-0.2, 0) is 16.0 Å². The fourth-order valence-corrected chi connectivity index (χ4v) is 4.58. The molecule has 25 heavy (non-hydrogen) atoms. The first kappa shape index (κ1) is 18.3. The van der Waals surface area contributed by atoms with Gasteiger partial charge in [0.15, 0.2) is 0 Å². The van der Waals surface area contributed by atoms with Crippen molar-refractivity contribution in [2.45, 2.75) is 38.5 Å². The number of piperidine rings is 1. The van der Waals surface area contributed by atoms with Crippen molar-refractivity contribution in [2.24, 2.45) is 5.92 Å². The van der Waals surface area contributed by atoms with Crippen molar-refractivity contribution in [3.05, 3.63) is 27.7 Å². The van der Waals surface area contributed by atoms with Crippen molar-refractivity contribution >= 4 is 49.4 Å². The standard InChI is InChI=1S/C18H21BrN2O3S/c19-13-4-5-15-14(10-13)20-16(25-15)6-7-17(22)21-9-1-2-12(11-21)3-8-18(23)24/h4-5,10,12H,1-3,6-9,11H2,(H,23,24)/t12-/m1/s1. The number of likely N-dealkylation sites (tertiary alicyclic amines) is 1. The van der Waals surface area contributed by atoms with Crippen LogP contribution in [0.3, 0.4) is 0 Å². The highest BCUT2D eigenvalue weighted by molar-refractivity contribution is 9.10. The van der Waals surface area contributed by atoms with Gasteiger partial charge in [0.1, 0.15) is 0 Å². The second-order valence-corrected chi connectivity index (χ2v) is 8.53. The SMILES string of the molecule is O=C(O)CC[C@H]1CCCN(C(=O)CCc2nc3cc(Br)ccc3s2)C1. The molecule has 1 saturated heterocycles. The van der Waals surface area contributed by atoms with Crippen molar-refractivity contribution < 1.29 is 14.7 Å². The van der Waals surface area contributed by atoms with Gasteiger partial charge in [-0.3, -0.25) is 9.59 Å². The van der Waals surface area contributed by atoms with Crippen molar-refractivity contribution in [1.82, 2.24) is 9.88 Å². The number of aryl methyl sites for hydroxylation is 1. The van der Waals surface area contributed by atoms with Gasteiger partial charge in [-0.05, 0) is 43.4 Å². The summed E-state index contributed by atoms with van der Waals surface area (Å²) < 4.78 is 2.14. The smallest absolute Gasteiger partial charge is 0.303 e. The van der Waals surface area contributed by atoms with Gasteiger partial charge in [0.25, 0.3) is 0 Å². The van der Waals surface area contributed by atoms with E-state index in [0.717, 1.165) is 39.1 Å². The Labute approximate surface area is 159 Å². The minimum Gasteiger partial charge on any atom is -0.481 e. The average Bonchev–Trinajstić information content (AvgIpc) is 3.00. The maximum atomic E-state index is 12.5. The topological polar surface area (TPSA) is 70.5 Å². The second-order valence-electron chi connectivity index (χ2n) is 6.50. The number of hydrogen-bond donors (Lipinski definition) is 1. The zero-order valence-corrected chi connectivity index (χ0v) is 16.3. The van der Waals surface area contributed by atoms with Gasteiger partial charge in [0.05, 0.1) is 15.2 Å². The Morgan fingerprint density at radius 3 is 3.00 bits per heavy atom. The number of nitrogens with zero attached hydrogens (tertiary/aromatic N) is 2. The molecule has 7 heteroatoms. The molecule has 0 aliphatic carbocycles. The summed E-state index contributed by atoms with van der Waals surface area (Å²) in [6, 6.07) is 6.04. The lowest BCUT2D eigenvalue weighted by atomic mass is 9.93. The lowest BCUT2D eigenvalue weighted by Gasteiger charge is -2.32. The third-order valence-corrected chi connectivity index (χ3v) is 6.17. The first-order valence-corrected chi connectivity index (χ1v) is 10.2. The third-order valence-electron chi connectivity index (χ3n) is 4.58. The Kier molecular flexibility index (Phi) is 6.06. The highest BCUT2D eigenvalue weighted by Crippen LogP contribution is 2.26. The Morgan fingerprint density at radius 2 is 2.20 bits per heavy atom. The Hall–Kier alpha value is -1.47. The van der Waals surface area contributed by atoms with E-state index in [-0.39, 0.29) is 12.3 Å². The first-order valence-electron chi connectivity index (χ1n) is 8.56. The number of carbonyl (C=O) groups excluding carboxylic acids is 1. The number of rotatable bonds is 6. The molecule has 0 unspecified atom stereocenters. The van der Waals surface area contributed by atoms with Crippen LogP contribution in [0.2, 0.25) is 0 Å². The molecule has 2 aromatic rings. The predicted octanol–water partition coefficient (Wildman–Crippen LogP) is 4.09. The Morgan fingerprint density at radius 1 is 1.36 bits per heavy atom. The number of carbonyl (C=O) groups is 2. The lowest BCUT2D eigenvalue weighted by Crippen LogP contribution is -2.40. The number of thiazole rings is 1. The van der Waals surface area contributed by atoms with Crippen LogP contribution in [-0.4, -0.2) is 40.0 Å². The second kappa shape index (κ2) is 8.27. The maximum absolute atomic E-state index is 12.5. The van der Waals surface area contributed by atoms with Gasteiger partial charge in [0, 0.05) is 36.8 Å². The molecule has 0 bridgehead atoms. The minimum absolute atomic E-state index is 0.153. The average molecular weight is 425 g/mol. The van der Waals surface area contributed by atoms with E-state index in [4.69, 9.17) is 5.11 Å². The van der Waals surface area contributed by atoms with Gasteiger partial charge < -0.3 is 10.0 Å². The number of carboxylic acids is 1. The van der Waals surface area contributed by atoms with E-state index in [1.54, 1.807) is 11.3 Å². The molecule has 2 heterocycles. The fraction of sp³-hybridized carbons (Fsp3) is 0.500. The third kappa shape index (κ3) is 5.01. The van der Waals surface area contributed by atoms with Gasteiger partial charge in [-0.15, -0.1) is 11.3 Å². The van der Waals surface area contributed by atoms with Crippen LogP contribution >= 0.6 is 27.3 Å². The quantitative estimate of drug-likeness (QED) is 0.757. The summed E-state index contributed by atoms with van der Waals surface area (Å²) >= 11 is 5.09. The first-order chi connectivity index (χ1) is 12.0. The van der Waals surface area contributed by atoms with E-state index in [2.05, 4.69) is 20.9 Å². The number of fused-ring (bicyclic) bond motifs is 1. The molecule has 0 saturated carbocycles. The molecule has 0 spiro atoms. The summed E-state index contributed by atoms with van der Waals surface area (Å²) in [7, 11) is 0. The van der Waals surface area contributed by atoms with Gasteiger partial charge in [0.2, 0.25) is 5.91 Å². The summed E-state index contributed by atoms with van der Waals surface area (Å²) in [6.45, 7) is 1.48.